The molecule has 2 amide bonds. The lowest BCUT2D eigenvalue weighted by Gasteiger charge is -2.39. The van der Waals surface area contributed by atoms with Gasteiger partial charge in [-0.25, -0.2) is 9.59 Å². The lowest BCUT2D eigenvalue weighted by molar-refractivity contribution is -0.148. The van der Waals surface area contributed by atoms with E-state index in [9.17, 15) is 14.7 Å². The number of carboxylic acids is 1. The minimum Gasteiger partial charge on any atom is -0.479 e. The number of amides is 2. The van der Waals surface area contributed by atoms with Gasteiger partial charge < -0.3 is 15.7 Å². The largest absolute Gasteiger partial charge is 0.479 e. The van der Waals surface area contributed by atoms with Crippen molar-refractivity contribution in [3.05, 3.63) is 0 Å². The van der Waals surface area contributed by atoms with Gasteiger partial charge >= 0.3 is 12.0 Å². The molecule has 1 fully saturated rings. The van der Waals surface area contributed by atoms with Crippen molar-refractivity contribution in [1.29, 1.82) is 0 Å². The van der Waals surface area contributed by atoms with Gasteiger partial charge in [-0.1, -0.05) is 46.0 Å². The summed E-state index contributed by atoms with van der Waals surface area (Å²) in [5, 5.41) is 15.0. The Morgan fingerprint density at radius 2 is 2.00 bits per heavy atom. The molecule has 0 bridgehead atoms. The van der Waals surface area contributed by atoms with Gasteiger partial charge in [0.05, 0.1) is 0 Å². The Morgan fingerprint density at radius 3 is 2.60 bits per heavy atom. The second-order valence-electron chi connectivity index (χ2n) is 5.86. The first-order valence-electron chi connectivity index (χ1n) is 7.82. The van der Waals surface area contributed by atoms with Gasteiger partial charge in [0.2, 0.25) is 0 Å². The van der Waals surface area contributed by atoms with Crippen LogP contribution in [-0.4, -0.2) is 29.2 Å². The van der Waals surface area contributed by atoms with Crippen LogP contribution in [0.3, 0.4) is 0 Å². The number of carboxylic acid groups (broad SMARTS) is 1. The standard InChI is InChI=1S/C15H28N2O3/c1-3-4-5-8-11-16-14(20)17-15(13(18)19)10-7-6-9-12(15)2/h12H,3-11H2,1-2H3,(H,18,19)(H2,16,17,20). The van der Waals surface area contributed by atoms with Gasteiger partial charge in [-0.15, -0.1) is 0 Å². The minimum absolute atomic E-state index is 0.0282. The topological polar surface area (TPSA) is 78.4 Å². The van der Waals surface area contributed by atoms with Gasteiger partial charge in [-0.2, -0.15) is 0 Å². The van der Waals surface area contributed by atoms with Crippen LogP contribution in [0.2, 0.25) is 0 Å². The fraction of sp³-hybridized carbons (Fsp3) is 0.867. The molecule has 1 aliphatic carbocycles. The Morgan fingerprint density at radius 1 is 1.25 bits per heavy atom. The zero-order valence-corrected chi connectivity index (χ0v) is 12.7. The first kappa shape index (κ1) is 16.8. The molecule has 0 aromatic rings. The summed E-state index contributed by atoms with van der Waals surface area (Å²) in [4.78, 5) is 23.5. The summed E-state index contributed by atoms with van der Waals surface area (Å²) >= 11 is 0. The maximum absolute atomic E-state index is 11.9. The molecule has 3 N–H and O–H groups in total. The van der Waals surface area contributed by atoms with Crippen LogP contribution in [0.4, 0.5) is 4.79 Å². The molecular formula is C15H28N2O3. The lowest BCUT2D eigenvalue weighted by atomic mass is 9.73. The fourth-order valence-corrected chi connectivity index (χ4v) is 2.90. The van der Waals surface area contributed by atoms with E-state index in [1.807, 2.05) is 6.92 Å². The van der Waals surface area contributed by atoms with Crippen LogP contribution in [0, 0.1) is 5.92 Å². The van der Waals surface area contributed by atoms with Crippen molar-refractivity contribution in [3.63, 3.8) is 0 Å². The van der Waals surface area contributed by atoms with E-state index in [1.54, 1.807) is 0 Å². The second-order valence-corrected chi connectivity index (χ2v) is 5.86. The third kappa shape index (κ3) is 4.39. The molecule has 0 spiro atoms. The number of nitrogens with one attached hydrogen (secondary N) is 2. The van der Waals surface area contributed by atoms with Crippen LogP contribution in [0.5, 0.6) is 0 Å². The average Bonchev–Trinajstić information content (AvgIpc) is 2.41. The smallest absolute Gasteiger partial charge is 0.329 e. The van der Waals surface area contributed by atoms with Crippen LogP contribution >= 0.6 is 0 Å². The normalized spacial score (nSPS) is 26.0. The molecule has 1 rings (SSSR count). The number of hydrogen-bond donors (Lipinski definition) is 3. The van der Waals surface area contributed by atoms with Crippen molar-refractivity contribution in [2.45, 2.75) is 70.8 Å². The predicted octanol–water partition coefficient (Wildman–Crippen LogP) is 2.90. The number of carbonyl (C=O) groups excluding carboxylic acids is 1. The molecule has 1 saturated carbocycles. The maximum Gasteiger partial charge on any atom is 0.329 e. The third-order valence-electron chi connectivity index (χ3n) is 4.33. The Balaban J connectivity index is 2.45. The van der Waals surface area contributed by atoms with Crippen molar-refractivity contribution in [1.82, 2.24) is 10.6 Å². The molecular weight excluding hydrogens is 256 g/mol. The third-order valence-corrected chi connectivity index (χ3v) is 4.33. The van der Waals surface area contributed by atoms with Gasteiger partial charge in [0.25, 0.3) is 0 Å². The molecule has 0 radical (unpaired) electrons. The highest BCUT2D eigenvalue weighted by Gasteiger charge is 2.46. The van der Waals surface area contributed by atoms with E-state index in [-0.39, 0.29) is 11.9 Å². The molecule has 0 aliphatic heterocycles. The summed E-state index contributed by atoms with van der Waals surface area (Å²) < 4.78 is 0. The van der Waals surface area contributed by atoms with Gasteiger partial charge in [-0.05, 0) is 25.2 Å². The number of hydrogen-bond acceptors (Lipinski definition) is 2. The number of unbranched alkanes of at least 4 members (excludes halogenated alkanes) is 3. The van der Waals surface area contributed by atoms with Gasteiger partial charge in [-0.3, -0.25) is 0 Å². The molecule has 20 heavy (non-hydrogen) atoms. The lowest BCUT2D eigenvalue weighted by Crippen LogP contribution is -2.61. The van der Waals surface area contributed by atoms with E-state index >= 15 is 0 Å². The number of urea groups is 1. The summed E-state index contributed by atoms with van der Waals surface area (Å²) in [5.74, 6) is -0.939. The van der Waals surface area contributed by atoms with E-state index in [1.165, 1.54) is 6.42 Å². The van der Waals surface area contributed by atoms with Gasteiger partial charge in [0, 0.05) is 6.54 Å². The van der Waals surface area contributed by atoms with Crippen molar-refractivity contribution >= 4 is 12.0 Å². The molecule has 0 saturated heterocycles. The summed E-state index contributed by atoms with van der Waals surface area (Å²) in [7, 11) is 0. The quantitative estimate of drug-likeness (QED) is 0.629. The van der Waals surface area contributed by atoms with Crippen molar-refractivity contribution in [3.8, 4) is 0 Å². The fourth-order valence-electron chi connectivity index (χ4n) is 2.90. The molecule has 0 aromatic heterocycles. The average molecular weight is 284 g/mol. The minimum atomic E-state index is -1.09. The van der Waals surface area contributed by atoms with E-state index in [4.69, 9.17) is 0 Å². The molecule has 2 unspecified atom stereocenters. The summed E-state index contributed by atoms with van der Waals surface area (Å²) in [6.45, 7) is 4.66. The molecule has 0 heterocycles. The highest BCUT2D eigenvalue weighted by atomic mass is 16.4. The highest BCUT2D eigenvalue weighted by Crippen LogP contribution is 2.33. The molecule has 1 aliphatic rings. The maximum atomic E-state index is 11.9. The predicted molar refractivity (Wildman–Crippen MR) is 78.7 cm³/mol. The van der Waals surface area contributed by atoms with Crippen LogP contribution in [0.1, 0.15) is 65.2 Å². The Bertz CT molecular complexity index is 333. The number of carbonyl (C=O) groups is 2. The Labute approximate surface area is 121 Å². The van der Waals surface area contributed by atoms with Crippen molar-refractivity contribution in [2.75, 3.05) is 6.54 Å². The van der Waals surface area contributed by atoms with E-state index in [0.29, 0.717) is 13.0 Å². The van der Waals surface area contributed by atoms with Crippen LogP contribution in [-0.2, 0) is 4.79 Å². The number of aliphatic carboxylic acids is 1. The first-order valence-corrected chi connectivity index (χ1v) is 7.82. The molecule has 116 valence electrons. The summed E-state index contributed by atoms with van der Waals surface area (Å²) in [6.07, 6.45) is 7.62. The Hall–Kier alpha value is -1.26. The Kier molecular flexibility index (Phi) is 6.82. The zero-order chi connectivity index (χ0) is 15.0. The first-order chi connectivity index (χ1) is 9.53. The molecule has 2 atom stereocenters. The molecule has 0 aromatic carbocycles. The monoisotopic (exact) mass is 284 g/mol. The summed E-state index contributed by atoms with van der Waals surface area (Å²) in [5.41, 5.74) is -1.09. The van der Waals surface area contributed by atoms with E-state index < -0.39 is 11.5 Å². The van der Waals surface area contributed by atoms with Crippen molar-refractivity contribution < 1.29 is 14.7 Å². The van der Waals surface area contributed by atoms with Crippen LogP contribution in [0.15, 0.2) is 0 Å². The molecule has 5 heteroatoms. The summed E-state index contributed by atoms with van der Waals surface area (Å²) in [6, 6.07) is -0.349. The highest BCUT2D eigenvalue weighted by molar-refractivity contribution is 5.86. The van der Waals surface area contributed by atoms with E-state index in [2.05, 4.69) is 17.6 Å². The van der Waals surface area contributed by atoms with Crippen molar-refractivity contribution in [2.24, 2.45) is 5.92 Å². The zero-order valence-electron chi connectivity index (χ0n) is 12.7. The SMILES string of the molecule is CCCCCCNC(=O)NC1(C(=O)O)CCCCC1C. The van der Waals surface area contributed by atoms with Crippen LogP contribution in [0.25, 0.3) is 0 Å². The van der Waals surface area contributed by atoms with Gasteiger partial charge in [0.1, 0.15) is 5.54 Å². The van der Waals surface area contributed by atoms with Gasteiger partial charge in [0.15, 0.2) is 0 Å². The molecule has 5 nitrogen and oxygen atoms in total. The van der Waals surface area contributed by atoms with E-state index in [0.717, 1.165) is 38.5 Å². The number of rotatable bonds is 7. The van der Waals surface area contributed by atoms with Crippen LogP contribution < -0.4 is 10.6 Å². The second kappa shape index (κ2) is 8.12.